The van der Waals surface area contributed by atoms with E-state index in [0.29, 0.717) is 26.2 Å². The summed E-state index contributed by atoms with van der Waals surface area (Å²) in [4.78, 5) is 4.66. The van der Waals surface area contributed by atoms with E-state index >= 15 is 0 Å². The van der Waals surface area contributed by atoms with Crippen molar-refractivity contribution in [2.24, 2.45) is 5.73 Å². The summed E-state index contributed by atoms with van der Waals surface area (Å²) in [5.74, 6) is 2.23. The highest BCUT2D eigenvalue weighted by molar-refractivity contribution is 5.66. The van der Waals surface area contributed by atoms with Crippen LogP contribution in [0.3, 0.4) is 0 Å². The molecule has 1 aromatic carbocycles. The van der Waals surface area contributed by atoms with E-state index in [9.17, 15) is 4.39 Å². The lowest BCUT2D eigenvalue weighted by atomic mass is 10.1. The van der Waals surface area contributed by atoms with E-state index in [1.54, 1.807) is 0 Å². The molecule has 2 aliphatic rings. The molecular weight excluding hydrogens is 285 g/mol. The fraction of sp³-hybridized carbons (Fsp3) is 0.438. The Hall–Kier alpha value is -2.08. The number of aromatic nitrogens is 2. The summed E-state index contributed by atoms with van der Waals surface area (Å²) in [5, 5.41) is 0. The van der Waals surface area contributed by atoms with Gasteiger partial charge in [0.1, 0.15) is 25.2 Å². The fourth-order valence-electron chi connectivity index (χ4n) is 3.19. The van der Waals surface area contributed by atoms with Crippen molar-refractivity contribution in [3.8, 4) is 22.8 Å². The molecule has 0 spiro atoms. The Morgan fingerprint density at radius 3 is 2.86 bits per heavy atom. The van der Waals surface area contributed by atoms with Gasteiger partial charge in [-0.05, 0) is 25.1 Å². The van der Waals surface area contributed by atoms with Crippen LogP contribution in [0.15, 0.2) is 18.2 Å². The maximum atomic E-state index is 13.8. The van der Waals surface area contributed by atoms with Crippen molar-refractivity contribution in [3.63, 3.8) is 0 Å². The van der Waals surface area contributed by atoms with Crippen LogP contribution in [0.5, 0.6) is 11.5 Å². The zero-order chi connectivity index (χ0) is 15.3. The Kier molecular flexibility index (Phi) is 3.07. The zero-order valence-electron chi connectivity index (χ0n) is 12.4. The predicted molar refractivity (Wildman–Crippen MR) is 79.8 cm³/mol. The van der Waals surface area contributed by atoms with Crippen LogP contribution in [-0.2, 0) is 6.54 Å². The maximum absolute atomic E-state index is 13.8. The Bertz CT molecular complexity index is 728. The number of nitrogens with zero attached hydrogens (tertiary/aromatic N) is 2. The summed E-state index contributed by atoms with van der Waals surface area (Å²) in [6.07, 6.45) is -0.583. The smallest absolute Gasteiger partial charge is 0.162 e. The van der Waals surface area contributed by atoms with E-state index in [0.717, 1.165) is 34.3 Å². The van der Waals surface area contributed by atoms with Crippen molar-refractivity contribution in [1.29, 1.82) is 0 Å². The van der Waals surface area contributed by atoms with Gasteiger partial charge < -0.3 is 19.8 Å². The van der Waals surface area contributed by atoms with Crippen molar-refractivity contribution in [3.05, 3.63) is 29.7 Å². The van der Waals surface area contributed by atoms with E-state index in [1.807, 2.05) is 29.7 Å². The number of benzene rings is 1. The van der Waals surface area contributed by atoms with E-state index in [4.69, 9.17) is 15.2 Å². The average Bonchev–Trinajstić information content (AvgIpc) is 2.84. The highest BCUT2D eigenvalue weighted by atomic mass is 19.1. The summed E-state index contributed by atoms with van der Waals surface area (Å²) in [7, 11) is 0. The minimum absolute atomic E-state index is 0.326. The average molecular weight is 303 g/mol. The van der Waals surface area contributed by atoms with Crippen molar-refractivity contribution in [2.75, 3.05) is 13.2 Å². The lowest BCUT2D eigenvalue weighted by Gasteiger charge is -2.23. The highest BCUT2D eigenvalue weighted by Gasteiger charge is 2.29. The third kappa shape index (κ3) is 2.06. The Balaban J connectivity index is 1.79. The highest BCUT2D eigenvalue weighted by Crippen LogP contribution is 2.37. The molecule has 1 aromatic heterocycles. The number of hydrogen-bond donors (Lipinski definition) is 1. The molecule has 0 aliphatic carbocycles. The molecule has 2 N–H and O–H groups in total. The van der Waals surface area contributed by atoms with Crippen LogP contribution in [-0.4, -0.2) is 28.9 Å². The fourth-order valence-corrected chi connectivity index (χ4v) is 3.19. The van der Waals surface area contributed by atoms with Gasteiger partial charge in [0.2, 0.25) is 0 Å². The van der Waals surface area contributed by atoms with Gasteiger partial charge in [0.25, 0.3) is 0 Å². The molecule has 6 heteroatoms. The molecule has 0 amide bonds. The Morgan fingerprint density at radius 2 is 2.05 bits per heavy atom. The first-order chi connectivity index (χ1) is 10.6. The topological polar surface area (TPSA) is 62.3 Å². The van der Waals surface area contributed by atoms with Gasteiger partial charge >= 0.3 is 0 Å². The monoisotopic (exact) mass is 303 g/mol. The number of fused-ring (bicyclic) bond motifs is 2. The standard InChI is InChI=1S/C16H18FN3O2/c1-9-15(19-16-12(18)7-11(17)8-20(9)16)10-2-3-13-14(6-10)22-5-4-21-13/h2-3,6,11-12H,4-5,7-8,18H2,1H3. The van der Waals surface area contributed by atoms with Crippen LogP contribution < -0.4 is 15.2 Å². The van der Waals surface area contributed by atoms with Crippen LogP contribution in [0.2, 0.25) is 0 Å². The van der Waals surface area contributed by atoms with Gasteiger partial charge in [-0.15, -0.1) is 0 Å². The molecule has 0 bridgehead atoms. The van der Waals surface area contributed by atoms with Gasteiger partial charge in [0.05, 0.1) is 18.3 Å². The Labute approximate surface area is 127 Å². The zero-order valence-corrected chi connectivity index (χ0v) is 12.4. The molecule has 22 heavy (non-hydrogen) atoms. The third-order valence-electron chi connectivity index (χ3n) is 4.29. The summed E-state index contributed by atoms with van der Waals surface area (Å²) < 4.78 is 26.8. The lowest BCUT2D eigenvalue weighted by Crippen LogP contribution is -2.30. The molecule has 116 valence electrons. The van der Waals surface area contributed by atoms with Crippen LogP contribution >= 0.6 is 0 Å². The van der Waals surface area contributed by atoms with Crippen molar-refractivity contribution in [2.45, 2.75) is 32.1 Å². The van der Waals surface area contributed by atoms with Gasteiger partial charge in [0, 0.05) is 17.7 Å². The first-order valence-electron chi connectivity index (χ1n) is 7.50. The normalized spacial score (nSPS) is 23.2. The first-order valence-corrected chi connectivity index (χ1v) is 7.50. The largest absolute Gasteiger partial charge is 0.486 e. The minimum atomic E-state index is -0.913. The summed E-state index contributed by atoms with van der Waals surface area (Å²) >= 11 is 0. The number of rotatable bonds is 1. The molecule has 0 saturated carbocycles. The molecule has 0 saturated heterocycles. The van der Waals surface area contributed by atoms with E-state index in [2.05, 4.69) is 4.98 Å². The van der Waals surface area contributed by atoms with Gasteiger partial charge in [-0.3, -0.25) is 0 Å². The molecule has 2 aliphatic heterocycles. The molecule has 2 atom stereocenters. The molecule has 2 aromatic rings. The van der Waals surface area contributed by atoms with Crippen molar-refractivity contribution >= 4 is 0 Å². The third-order valence-corrected chi connectivity index (χ3v) is 4.29. The summed E-state index contributed by atoms with van der Waals surface area (Å²) in [5.41, 5.74) is 8.74. The molecule has 0 fully saturated rings. The van der Waals surface area contributed by atoms with E-state index < -0.39 is 6.17 Å². The summed E-state index contributed by atoms with van der Waals surface area (Å²) in [6.45, 7) is 3.39. The molecule has 0 radical (unpaired) electrons. The molecular formula is C16H18FN3O2. The van der Waals surface area contributed by atoms with E-state index in [1.165, 1.54) is 0 Å². The second kappa shape index (κ2) is 4.98. The lowest BCUT2D eigenvalue weighted by molar-refractivity contribution is 0.171. The van der Waals surface area contributed by atoms with Gasteiger partial charge in [-0.1, -0.05) is 0 Å². The maximum Gasteiger partial charge on any atom is 0.162 e. The number of hydrogen-bond acceptors (Lipinski definition) is 4. The SMILES string of the molecule is Cc1c(-c2ccc3c(c2)OCCO3)nc2n1CC(F)CC2N. The molecule has 4 rings (SSSR count). The van der Waals surface area contributed by atoms with Gasteiger partial charge in [-0.25, -0.2) is 9.37 Å². The Morgan fingerprint density at radius 1 is 1.27 bits per heavy atom. The quantitative estimate of drug-likeness (QED) is 0.878. The van der Waals surface area contributed by atoms with Crippen LogP contribution in [0, 0.1) is 6.92 Å². The number of halogens is 1. The van der Waals surface area contributed by atoms with Crippen LogP contribution in [0.25, 0.3) is 11.3 Å². The second-order valence-electron chi connectivity index (χ2n) is 5.81. The first kappa shape index (κ1) is 13.6. The summed E-state index contributed by atoms with van der Waals surface area (Å²) in [6, 6.07) is 5.41. The van der Waals surface area contributed by atoms with Crippen LogP contribution in [0.4, 0.5) is 4.39 Å². The number of nitrogens with two attached hydrogens (primary N) is 1. The molecule has 3 heterocycles. The predicted octanol–water partition coefficient (Wildman–Crippen LogP) is 2.37. The van der Waals surface area contributed by atoms with Gasteiger partial charge in [-0.2, -0.15) is 0 Å². The van der Waals surface area contributed by atoms with Gasteiger partial charge in [0.15, 0.2) is 11.5 Å². The van der Waals surface area contributed by atoms with Crippen LogP contribution in [0.1, 0.15) is 24.0 Å². The molecule has 5 nitrogen and oxygen atoms in total. The molecule has 2 unspecified atom stereocenters. The number of ether oxygens (including phenoxy) is 2. The van der Waals surface area contributed by atoms with E-state index in [-0.39, 0.29) is 6.04 Å². The van der Waals surface area contributed by atoms with Crippen molar-refractivity contribution in [1.82, 2.24) is 9.55 Å². The minimum Gasteiger partial charge on any atom is -0.486 e. The number of alkyl halides is 1. The number of imidazole rings is 1. The van der Waals surface area contributed by atoms with Crippen molar-refractivity contribution < 1.29 is 13.9 Å². The second-order valence-corrected chi connectivity index (χ2v) is 5.81.